The Morgan fingerprint density at radius 2 is 1.70 bits per heavy atom. The molecule has 2 amide bonds. The monoisotopic (exact) mass is 415 g/mol. The average molecular weight is 416 g/mol. The lowest BCUT2D eigenvalue weighted by Crippen LogP contribution is -2.58. The van der Waals surface area contributed by atoms with Crippen LogP contribution in [0.25, 0.3) is 0 Å². The molecule has 1 aromatic rings. The van der Waals surface area contributed by atoms with Gasteiger partial charge in [0.1, 0.15) is 11.5 Å². The standard InChI is InChI=1S/C23H33N3O4/c1-4-9-24-22(27)21(17-7-5-6-8-17)25-10-12-26(13-11-25)23(28)18-14-19(29-2)16-20(15-18)30-3/h4,14-17,21H,1,5-13H2,2-3H3,(H,24,27). The van der Waals surface area contributed by atoms with Crippen molar-refractivity contribution in [3.63, 3.8) is 0 Å². The number of rotatable bonds is 8. The Hall–Kier alpha value is -2.54. The number of ether oxygens (including phenoxy) is 2. The van der Waals surface area contributed by atoms with Crippen molar-refractivity contribution in [2.24, 2.45) is 5.92 Å². The molecule has 1 atom stereocenters. The Labute approximate surface area is 179 Å². The summed E-state index contributed by atoms with van der Waals surface area (Å²) in [5.74, 6) is 1.62. The van der Waals surface area contributed by atoms with Gasteiger partial charge in [0.05, 0.1) is 20.3 Å². The zero-order valence-electron chi connectivity index (χ0n) is 18.1. The van der Waals surface area contributed by atoms with E-state index in [9.17, 15) is 9.59 Å². The molecule has 7 nitrogen and oxygen atoms in total. The molecule has 0 aromatic heterocycles. The first-order valence-electron chi connectivity index (χ1n) is 10.7. The van der Waals surface area contributed by atoms with Gasteiger partial charge in [-0.2, -0.15) is 0 Å². The van der Waals surface area contributed by atoms with E-state index in [2.05, 4.69) is 16.8 Å². The van der Waals surface area contributed by atoms with Gasteiger partial charge in [-0.05, 0) is 30.9 Å². The second-order valence-electron chi connectivity index (χ2n) is 7.95. The van der Waals surface area contributed by atoms with E-state index < -0.39 is 0 Å². The Morgan fingerprint density at radius 1 is 1.10 bits per heavy atom. The van der Waals surface area contributed by atoms with E-state index in [0.29, 0.717) is 55.7 Å². The van der Waals surface area contributed by atoms with Crippen LogP contribution < -0.4 is 14.8 Å². The quantitative estimate of drug-likeness (QED) is 0.660. The van der Waals surface area contributed by atoms with E-state index in [4.69, 9.17) is 9.47 Å². The minimum Gasteiger partial charge on any atom is -0.497 e. The predicted molar refractivity (Wildman–Crippen MR) is 116 cm³/mol. The lowest BCUT2D eigenvalue weighted by atomic mass is 9.95. The van der Waals surface area contributed by atoms with Crippen LogP contribution in [0.2, 0.25) is 0 Å². The van der Waals surface area contributed by atoms with Crippen molar-refractivity contribution in [3.05, 3.63) is 36.4 Å². The van der Waals surface area contributed by atoms with E-state index in [1.165, 1.54) is 12.8 Å². The van der Waals surface area contributed by atoms with Crippen molar-refractivity contribution < 1.29 is 19.1 Å². The average Bonchev–Trinajstić information content (AvgIpc) is 3.31. The van der Waals surface area contributed by atoms with Gasteiger partial charge in [0.15, 0.2) is 0 Å². The Balaban J connectivity index is 1.67. The van der Waals surface area contributed by atoms with E-state index in [1.54, 1.807) is 38.5 Å². The van der Waals surface area contributed by atoms with Gasteiger partial charge in [-0.3, -0.25) is 14.5 Å². The highest BCUT2D eigenvalue weighted by molar-refractivity contribution is 5.95. The van der Waals surface area contributed by atoms with Crippen LogP contribution in [0.4, 0.5) is 0 Å². The summed E-state index contributed by atoms with van der Waals surface area (Å²) in [5.41, 5.74) is 0.552. The van der Waals surface area contributed by atoms with Crippen molar-refractivity contribution in [1.82, 2.24) is 15.1 Å². The van der Waals surface area contributed by atoms with Gasteiger partial charge < -0.3 is 19.7 Å². The number of benzene rings is 1. The fourth-order valence-corrected chi connectivity index (χ4v) is 4.55. The number of nitrogens with one attached hydrogen (secondary N) is 1. The largest absolute Gasteiger partial charge is 0.497 e. The Bertz CT molecular complexity index is 731. The molecule has 1 saturated carbocycles. The molecule has 0 spiro atoms. The molecule has 7 heteroatoms. The van der Waals surface area contributed by atoms with Crippen molar-refractivity contribution >= 4 is 11.8 Å². The maximum atomic E-state index is 13.0. The molecule has 1 aromatic carbocycles. The van der Waals surface area contributed by atoms with Crippen LogP contribution >= 0.6 is 0 Å². The molecular formula is C23H33N3O4. The van der Waals surface area contributed by atoms with Crippen molar-refractivity contribution in [2.45, 2.75) is 31.7 Å². The summed E-state index contributed by atoms with van der Waals surface area (Å²) in [6.45, 7) is 6.75. The topological polar surface area (TPSA) is 71.1 Å². The number of carbonyl (C=O) groups is 2. The molecule has 1 heterocycles. The SMILES string of the molecule is C=CCNC(=O)C(C1CCCC1)N1CCN(C(=O)c2cc(OC)cc(OC)c2)CC1. The van der Waals surface area contributed by atoms with Crippen LogP contribution in [0.15, 0.2) is 30.9 Å². The first-order valence-corrected chi connectivity index (χ1v) is 10.7. The summed E-state index contributed by atoms with van der Waals surface area (Å²) in [4.78, 5) is 30.0. The summed E-state index contributed by atoms with van der Waals surface area (Å²) < 4.78 is 10.6. The van der Waals surface area contributed by atoms with Gasteiger partial charge in [-0.15, -0.1) is 6.58 Å². The fourth-order valence-electron chi connectivity index (χ4n) is 4.55. The van der Waals surface area contributed by atoms with Gasteiger partial charge in [-0.1, -0.05) is 18.9 Å². The zero-order chi connectivity index (χ0) is 21.5. The van der Waals surface area contributed by atoms with Gasteiger partial charge in [-0.25, -0.2) is 0 Å². The molecule has 1 N–H and O–H groups in total. The molecule has 1 aliphatic heterocycles. The van der Waals surface area contributed by atoms with Crippen molar-refractivity contribution in [2.75, 3.05) is 46.9 Å². The number of methoxy groups -OCH3 is 2. The summed E-state index contributed by atoms with van der Waals surface area (Å²) in [5, 5.41) is 2.98. The maximum Gasteiger partial charge on any atom is 0.254 e. The summed E-state index contributed by atoms with van der Waals surface area (Å²) in [6, 6.07) is 5.10. The summed E-state index contributed by atoms with van der Waals surface area (Å²) in [6.07, 6.45) is 6.27. The molecule has 1 saturated heterocycles. The van der Waals surface area contributed by atoms with Gasteiger partial charge in [0, 0.05) is 44.4 Å². The summed E-state index contributed by atoms with van der Waals surface area (Å²) in [7, 11) is 3.14. The predicted octanol–water partition coefficient (Wildman–Crippen LogP) is 2.32. The highest BCUT2D eigenvalue weighted by atomic mass is 16.5. The number of nitrogens with zero attached hydrogens (tertiary/aromatic N) is 2. The number of piperazine rings is 1. The van der Waals surface area contributed by atoms with Crippen LogP contribution in [0.5, 0.6) is 11.5 Å². The molecule has 1 aliphatic carbocycles. The number of hydrogen-bond donors (Lipinski definition) is 1. The van der Waals surface area contributed by atoms with Crippen LogP contribution in [0.1, 0.15) is 36.0 Å². The van der Waals surface area contributed by atoms with Gasteiger partial charge >= 0.3 is 0 Å². The zero-order valence-corrected chi connectivity index (χ0v) is 18.1. The molecule has 0 bridgehead atoms. The molecule has 2 fully saturated rings. The lowest BCUT2D eigenvalue weighted by molar-refractivity contribution is -0.129. The third-order valence-electron chi connectivity index (χ3n) is 6.13. The number of hydrogen-bond acceptors (Lipinski definition) is 5. The van der Waals surface area contributed by atoms with Gasteiger partial charge in [0.25, 0.3) is 5.91 Å². The second kappa shape index (κ2) is 10.5. The Kier molecular flexibility index (Phi) is 7.74. The second-order valence-corrected chi connectivity index (χ2v) is 7.95. The third-order valence-corrected chi connectivity index (χ3v) is 6.13. The van der Waals surface area contributed by atoms with E-state index in [-0.39, 0.29) is 17.9 Å². The van der Waals surface area contributed by atoms with Crippen LogP contribution in [0, 0.1) is 5.92 Å². The minimum absolute atomic E-state index is 0.0413. The fraction of sp³-hybridized carbons (Fsp3) is 0.565. The molecule has 30 heavy (non-hydrogen) atoms. The molecule has 2 aliphatic rings. The highest BCUT2D eigenvalue weighted by Crippen LogP contribution is 2.31. The molecule has 0 radical (unpaired) electrons. The smallest absolute Gasteiger partial charge is 0.254 e. The van der Waals surface area contributed by atoms with Crippen LogP contribution in [-0.4, -0.2) is 74.6 Å². The molecular weight excluding hydrogens is 382 g/mol. The van der Waals surface area contributed by atoms with Crippen LogP contribution in [-0.2, 0) is 4.79 Å². The number of amides is 2. The first-order chi connectivity index (χ1) is 14.6. The number of carbonyl (C=O) groups excluding carboxylic acids is 2. The highest BCUT2D eigenvalue weighted by Gasteiger charge is 2.37. The van der Waals surface area contributed by atoms with Crippen molar-refractivity contribution in [3.8, 4) is 11.5 Å². The maximum absolute atomic E-state index is 13.0. The Morgan fingerprint density at radius 3 is 2.23 bits per heavy atom. The minimum atomic E-state index is -0.124. The van der Waals surface area contributed by atoms with Crippen LogP contribution in [0.3, 0.4) is 0 Å². The van der Waals surface area contributed by atoms with E-state index in [1.807, 2.05) is 4.90 Å². The summed E-state index contributed by atoms with van der Waals surface area (Å²) >= 11 is 0. The molecule has 3 rings (SSSR count). The van der Waals surface area contributed by atoms with E-state index >= 15 is 0 Å². The molecule has 1 unspecified atom stereocenters. The normalized spacial score (nSPS) is 18.7. The first kappa shape index (κ1) is 22.2. The van der Waals surface area contributed by atoms with Gasteiger partial charge in [0.2, 0.25) is 5.91 Å². The van der Waals surface area contributed by atoms with Crippen molar-refractivity contribution in [1.29, 1.82) is 0 Å². The lowest BCUT2D eigenvalue weighted by Gasteiger charge is -2.40. The molecule has 164 valence electrons. The van der Waals surface area contributed by atoms with E-state index in [0.717, 1.165) is 12.8 Å². The third kappa shape index (κ3) is 5.14.